The van der Waals surface area contributed by atoms with Crippen molar-refractivity contribution in [2.24, 2.45) is 5.41 Å². The highest BCUT2D eigenvalue weighted by atomic mass is 35.5. The number of benzene rings is 1. The summed E-state index contributed by atoms with van der Waals surface area (Å²) in [5.41, 5.74) is 0.135. The molecule has 0 bridgehead atoms. The van der Waals surface area contributed by atoms with Gasteiger partial charge in [-0.1, -0.05) is 43.5 Å². The number of halogens is 1. The van der Waals surface area contributed by atoms with E-state index >= 15 is 0 Å². The molecule has 0 saturated heterocycles. The summed E-state index contributed by atoms with van der Waals surface area (Å²) in [4.78, 5) is 24.5. The maximum atomic E-state index is 12.3. The lowest BCUT2D eigenvalue weighted by molar-refractivity contribution is -0.137. The number of carbonyl (C=O) groups excluding carboxylic acids is 2. The van der Waals surface area contributed by atoms with Crippen molar-refractivity contribution in [3.63, 3.8) is 0 Å². The summed E-state index contributed by atoms with van der Waals surface area (Å²) < 4.78 is 0. The predicted octanol–water partition coefficient (Wildman–Crippen LogP) is 3.04. The average Bonchev–Trinajstić information content (AvgIpc) is 3.32. The first-order chi connectivity index (χ1) is 10.6. The predicted molar refractivity (Wildman–Crippen MR) is 87.5 cm³/mol. The molecule has 1 fully saturated rings. The molecule has 2 amide bonds. The highest BCUT2D eigenvalue weighted by Gasteiger charge is 2.56. The highest BCUT2D eigenvalue weighted by molar-refractivity contribution is 6.30. The zero-order chi connectivity index (χ0) is 16.0. The summed E-state index contributed by atoms with van der Waals surface area (Å²) in [5.74, 6) is -0.298. The molecule has 22 heavy (non-hydrogen) atoms. The van der Waals surface area contributed by atoms with E-state index in [9.17, 15) is 9.59 Å². The van der Waals surface area contributed by atoms with E-state index in [1.807, 2.05) is 12.1 Å². The van der Waals surface area contributed by atoms with E-state index in [-0.39, 0.29) is 11.8 Å². The number of unbranched alkanes of at least 4 members (excludes halogenated alkanes) is 2. The van der Waals surface area contributed by atoms with Gasteiger partial charge in [0.05, 0.1) is 0 Å². The molecule has 5 heteroatoms. The third-order valence-electron chi connectivity index (χ3n) is 4.05. The third kappa shape index (κ3) is 4.23. The summed E-state index contributed by atoms with van der Waals surface area (Å²) in [5, 5.41) is 6.42. The van der Waals surface area contributed by atoms with Crippen LogP contribution >= 0.6 is 11.6 Å². The van der Waals surface area contributed by atoms with Crippen molar-refractivity contribution in [1.82, 2.24) is 10.6 Å². The first-order valence-corrected chi connectivity index (χ1v) is 8.27. The minimum absolute atomic E-state index is 0.128. The first-order valence-electron chi connectivity index (χ1n) is 7.89. The second-order valence-corrected chi connectivity index (χ2v) is 6.29. The minimum Gasteiger partial charge on any atom is -0.355 e. The van der Waals surface area contributed by atoms with E-state index in [0.717, 1.165) is 24.8 Å². The number of hydrogen-bond acceptors (Lipinski definition) is 2. The number of amides is 2. The van der Waals surface area contributed by atoms with Crippen molar-refractivity contribution in [2.75, 3.05) is 6.54 Å². The van der Waals surface area contributed by atoms with Gasteiger partial charge in [0, 0.05) is 18.1 Å². The lowest BCUT2D eigenvalue weighted by Gasteiger charge is -2.15. The maximum Gasteiger partial charge on any atom is 0.235 e. The second-order valence-electron chi connectivity index (χ2n) is 5.85. The SMILES string of the molecule is CCCCCNC(=O)C1(C(=O)NCc2ccc(Cl)cc2)CC1. The van der Waals surface area contributed by atoms with Gasteiger partial charge in [-0.05, 0) is 37.0 Å². The van der Waals surface area contributed by atoms with E-state index in [2.05, 4.69) is 17.6 Å². The Morgan fingerprint density at radius 2 is 1.73 bits per heavy atom. The molecule has 0 heterocycles. The maximum absolute atomic E-state index is 12.3. The van der Waals surface area contributed by atoms with Crippen molar-refractivity contribution < 1.29 is 9.59 Å². The van der Waals surface area contributed by atoms with Crippen LogP contribution in [-0.2, 0) is 16.1 Å². The molecule has 0 spiro atoms. The Kier molecular flexibility index (Phi) is 5.83. The Balaban J connectivity index is 1.80. The Morgan fingerprint density at radius 1 is 1.09 bits per heavy atom. The summed E-state index contributed by atoms with van der Waals surface area (Å²) >= 11 is 5.83. The van der Waals surface area contributed by atoms with E-state index in [1.165, 1.54) is 0 Å². The van der Waals surface area contributed by atoms with Crippen molar-refractivity contribution in [2.45, 2.75) is 45.6 Å². The zero-order valence-electron chi connectivity index (χ0n) is 13.0. The Hall–Kier alpha value is -1.55. The van der Waals surface area contributed by atoms with Gasteiger partial charge in [-0.3, -0.25) is 9.59 Å². The monoisotopic (exact) mass is 322 g/mol. The van der Waals surface area contributed by atoms with Gasteiger partial charge in [0.25, 0.3) is 0 Å². The van der Waals surface area contributed by atoms with Crippen molar-refractivity contribution >= 4 is 23.4 Å². The molecular formula is C17H23ClN2O2. The van der Waals surface area contributed by atoms with Crippen molar-refractivity contribution in [3.05, 3.63) is 34.9 Å². The fourth-order valence-electron chi connectivity index (χ4n) is 2.38. The summed E-state index contributed by atoms with van der Waals surface area (Å²) in [7, 11) is 0. The van der Waals surface area contributed by atoms with E-state index in [1.54, 1.807) is 12.1 Å². The zero-order valence-corrected chi connectivity index (χ0v) is 13.7. The quantitative estimate of drug-likeness (QED) is 0.571. The Morgan fingerprint density at radius 3 is 2.32 bits per heavy atom. The van der Waals surface area contributed by atoms with Crippen LogP contribution in [0.5, 0.6) is 0 Å². The van der Waals surface area contributed by atoms with Gasteiger partial charge in [0.15, 0.2) is 0 Å². The van der Waals surface area contributed by atoms with Crippen LogP contribution in [0.15, 0.2) is 24.3 Å². The van der Waals surface area contributed by atoms with Gasteiger partial charge < -0.3 is 10.6 Å². The standard InChI is InChI=1S/C17H23ClN2O2/c1-2-3-4-11-19-15(21)17(9-10-17)16(22)20-12-13-5-7-14(18)8-6-13/h5-8H,2-4,9-12H2,1H3,(H,19,21)(H,20,22). The summed E-state index contributed by atoms with van der Waals surface area (Å²) in [6.45, 7) is 3.19. The van der Waals surface area contributed by atoms with Crippen LogP contribution in [0, 0.1) is 5.41 Å². The molecule has 1 aromatic carbocycles. The van der Waals surface area contributed by atoms with Crippen molar-refractivity contribution in [1.29, 1.82) is 0 Å². The molecule has 1 aliphatic rings. The number of hydrogen-bond donors (Lipinski definition) is 2. The van der Waals surface area contributed by atoms with Crippen LogP contribution in [0.1, 0.15) is 44.6 Å². The van der Waals surface area contributed by atoms with E-state index in [4.69, 9.17) is 11.6 Å². The lowest BCUT2D eigenvalue weighted by atomic mass is 10.0. The molecule has 120 valence electrons. The van der Waals surface area contributed by atoms with Gasteiger partial charge in [0.2, 0.25) is 11.8 Å². The molecule has 4 nitrogen and oxygen atoms in total. The second kappa shape index (κ2) is 7.63. The minimum atomic E-state index is -0.835. The molecule has 0 radical (unpaired) electrons. The van der Waals surface area contributed by atoms with Crippen LogP contribution in [-0.4, -0.2) is 18.4 Å². The van der Waals surface area contributed by atoms with Gasteiger partial charge in [-0.25, -0.2) is 0 Å². The van der Waals surface area contributed by atoms with E-state index < -0.39 is 5.41 Å². The van der Waals surface area contributed by atoms with Crippen LogP contribution in [0.2, 0.25) is 5.02 Å². The van der Waals surface area contributed by atoms with Gasteiger partial charge >= 0.3 is 0 Å². The number of nitrogens with one attached hydrogen (secondary N) is 2. The largest absolute Gasteiger partial charge is 0.355 e. The number of rotatable bonds is 8. The molecular weight excluding hydrogens is 300 g/mol. The fraction of sp³-hybridized carbons (Fsp3) is 0.529. The summed E-state index contributed by atoms with van der Waals surface area (Å²) in [6, 6.07) is 7.31. The smallest absolute Gasteiger partial charge is 0.235 e. The molecule has 0 atom stereocenters. The molecule has 1 saturated carbocycles. The number of carbonyl (C=O) groups is 2. The molecule has 2 rings (SSSR count). The Bertz CT molecular complexity index is 524. The first kappa shape index (κ1) is 16.8. The highest BCUT2D eigenvalue weighted by Crippen LogP contribution is 2.46. The van der Waals surface area contributed by atoms with Crippen LogP contribution in [0.3, 0.4) is 0 Å². The van der Waals surface area contributed by atoms with Crippen LogP contribution < -0.4 is 10.6 Å². The molecule has 2 N–H and O–H groups in total. The lowest BCUT2D eigenvalue weighted by Crippen LogP contribution is -2.43. The molecule has 1 aliphatic carbocycles. The van der Waals surface area contributed by atoms with Gasteiger partial charge in [-0.15, -0.1) is 0 Å². The van der Waals surface area contributed by atoms with Crippen LogP contribution in [0.4, 0.5) is 0 Å². The molecule has 1 aromatic rings. The Labute approximate surface area is 136 Å². The van der Waals surface area contributed by atoms with Crippen LogP contribution in [0.25, 0.3) is 0 Å². The fourth-order valence-corrected chi connectivity index (χ4v) is 2.51. The average molecular weight is 323 g/mol. The molecule has 0 unspecified atom stereocenters. The van der Waals surface area contributed by atoms with Gasteiger partial charge in [0.1, 0.15) is 5.41 Å². The summed E-state index contributed by atoms with van der Waals surface area (Å²) in [6.07, 6.45) is 4.45. The molecule has 0 aliphatic heterocycles. The normalized spacial score (nSPS) is 15.2. The molecule has 0 aromatic heterocycles. The van der Waals surface area contributed by atoms with Crippen molar-refractivity contribution in [3.8, 4) is 0 Å². The van der Waals surface area contributed by atoms with Gasteiger partial charge in [-0.2, -0.15) is 0 Å². The van der Waals surface area contributed by atoms with E-state index in [0.29, 0.717) is 31.0 Å². The topological polar surface area (TPSA) is 58.2 Å². The third-order valence-corrected chi connectivity index (χ3v) is 4.30.